The van der Waals surface area contributed by atoms with Crippen molar-refractivity contribution in [2.75, 3.05) is 7.11 Å². The van der Waals surface area contributed by atoms with E-state index >= 15 is 0 Å². The standard InChI is InChI=1S/C15H14BrFO2/c1-18-14-5-2-11(3-6-14)10-19-15-7-4-13(17)8-12(15)9-16/h2-8H,9-10H2,1H3. The van der Waals surface area contributed by atoms with Crippen molar-refractivity contribution in [1.82, 2.24) is 0 Å². The maximum Gasteiger partial charge on any atom is 0.124 e. The maximum atomic E-state index is 13.1. The van der Waals surface area contributed by atoms with Gasteiger partial charge in [-0.3, -0.25) is 0 Å². The van der Waals surface area contributed by atoms with E-state index in [2.05, 4.69) is 15.9 Å². The molecule has 2 aromatic carbocycles. The zero-order valence-electron chi connectivity index (χ0n) is 10.5. The molecule has 0 radical (unpaired) electrons. The molecule has 0 saturated heterocycles. The lowest BCUT2D eigenvalue weighted by Crippen LogP contribution is -1.98. The lowest BCUT2D eigenvalue weighted by atomic mass is 10.2. The maximum absolute atomic E-state index is 13.1. The van der Waals surface area contributed by atoms with Gasteiger partial charge in [-0.15, -0.1) is 0 Å². The second kappa shape index (κ2) is 6.57. The minimum atomic E-state index is -0.258. The van der Waals surface area contributed by atoms with Crippen molar-refractivity contribution in [1.29, 1.82) is 0 Å². The third-order valence-electron chi connectivity index (χ3n) is 2.72. The van der Waals surface area contributed by atoms with Crippen LogP contribution in [0.15, 0.2) is 42.5 Å². The lowest BCUT2D eigenvalue weighted by Gasteiger charge is -2.10. The van der Waals surface area contributed by atoms with Crippen LogP contribution in [-0.2, 0) is 11.9 Å². The second-order valence-electron chi connectivity index (χ2n) is 4.02. The summed E-state index contributed by atoms with van der Waals surface area (Å²) < 4.78 is 23.9. The normalized spacial score (nSPS) is 10.3. The van der Waals surface area contributed by atoms with E-state index in [-0.39, 0.29) is 5.82 Å². The van der Waals surface area contributed by atoms with Gasteiger partial charge < -0.3 is 9.47 Å². The minimum Gasteiger partial charge on any atom is -0.497 e. The van der Waals surface area contributed by atoms with Crippen LogP contribution in [0.5, 0.6) is 11.5 Å². The molecule has 2 nitrogen and oxygen atoms in total. The molecule has 0 aliphatic heterocycles. The van der Waals surface area contributed by atoms with Gasteiger partial charge in [0.05, 0.1) is 7.11 Å². The fraction of sp³-hybridized carbons (Fsp3) is 0.200. The van der Waals surface area contributed by atoms with E-state index in [4.69, 9.17) is 9.47 Å². The average molecular weight is 325 g/mol. The predicted molar refractivity (Wildman–Crippen MR) is 76.4 cm³/mol. The highest BCUT2D eigenvalue weighted by Gasteiger charge is 2.05. The topological polar surface area (TPSA) is 18.5 Å². The summed E-state index contributed by atoms with van der Waals surface area (Å²) in [6.07, 6.45) is 0. The molecule has 0 spiro atoms. The van der Waals surface area contributed by atoms with Crippen LogP contribution in [0.3, 0.4) is 0 Å². The Hall–Kier alpha value is -1.55. The SMILES string of the molecule is COc1ccc(COc2ccc(F)cc2CBr)cc1. The molecule has 0 atom stereocenters. The fourth-order valence-corrected chi connectivity index (χ4v) is 2.11. The molecular formula is C15H14BrFO2. The first-order chi connectivity index (χ1) is 9.22. The van der Waals surface area contributed by atoms with E-state index in [9.17, 15) is 4.39 Å². The Morgan fingerprint density at radius 1 is 1.11 bits per heavy atom. The van der Waals surface area contributed by atoms with Crippen LogP contribution >= 0.6 is 15.9 Å². The van der Waals surface area contributed by atoms with E-state index in [1.807, 2.05) is 24.3 Å². The van der Waals surface area contributed by atoms with Gasteiger partial charge in [0.2, 0.25) is 0 Å². The van der Waals surface area contributed by atoms with Gasteiger partial charge in [0.25, 0.3) is 0 Å². The largest absolute Gasteiger partial charge is 0.497 e. The van der Waals surface area contributed by atoms with E-state index in [1.165, 1.54) is 12.1 Å². The van der Waals surface area contributed by atoms with Gasteiger partial charge in [-0.2, -0.15) is 0 Å². The Balaban J connectivity index is 2.05. The van der Waals surface area contributed by atoms with Gasteiger partial charge in [0.15, 0.2) is 0 Å². The van der Waals surface area contributed by atoms with E-state index in [1.54, 1.807) is 13.2 Å². The van der Waals surface area contributed by atoms with Crippen LogP contribution < -0.4 is 9.47 Å². The van der Waals surface area contributed by atoms with E-state index < -0.39 is 0 Å². The number of methoxy groups -OCH3 is 1. The minimum absolute atomic E-state index is 0.258. The molecule has 0 amide bonds. The van der Waals surface area contributed by atoms with E-state index in [0.717, 1.165) is 16.9 Å². The summed E-state index contributed by atoms with van der Waals surface area (Å²) in [5.74, 6) is 1.24. The van der Waals surface area contributed by atoms with E-state index in [0.29, 0.717) is 17.7 Å². The van der Waals surface area contributed by atoms with Crippen LogP contribution in [0.25, 0.3) is 0 Å². The first-order valence-electron chi connectivity index (χ1n) is 5.83. The fourth-order valence-electron chi connectivity index (χ4n) is 1.68. The van der Waals surface area contributed by atoms with Crippen molar-refractivity contribution in [3.05, 3.63) is 59.4 Å². The van der Waals surface area contributed by atoms with Crippen molar-refractivity contribution < 1.29 is 13.9 Å². The van der Waals surface area contributed by atoms with Crippen molar-refractivity contribution in [2.45, 2.75) is 11.9 Å². The Bertz CT molecular complexity index is 540. The molecule has 0 saturated carbocycles. The molecule has 0 aliphatic carbocycles. The summed E-state index contributed by atoms with van der Waals surface area (Å²) in [7, 11) is 1.63. The summed E-state index contributed by atoms with van der Waals surface area (Å²) in [6, 6.07) is 12.2. The molecule has 2 rings (SSSR count). The first kappa shape index (κ1) is 13.9. The van der Waals surface area contributed by atoms with Crippen LogP contribution in [0.4, 0.5) is 4.39 Å². The molecule has 0 aliphatic rings. The molecular weight excluding hydrogens is 311 g/mol. The average Bonchev–Trinajstić information content (AvgIpc) is 2.46. The van der Waals surface area contributed by atoms with Crippen LogP contribution in [-0.4, -0.2) is 7.11 Å². The number of ether oxygens (including phenoxy) is 2. The zero-order valence-corrected chi connectivity index (χ0v) is 12.1. The van der Waals surface area contributed by atoms with Crippen molar-refractivity contribution in [2.24, 2.45) is 0 Å². The van der Waals surface area contributed by atoms with Crippen LogP contribution in [0.2, 0.25) is 0 Å². The van der Waals surface area contributed by atoms with Gasteiger partial charge in [0, 0.05) is 10.9 Å². The summed E-state index contributed by atoms with van der Waals surface area (Å²) >= 11 is 3.32. The Morgan fingerprint density at radius 2 is 1.84 bits per heavy atom. The summed E-state index contributed by atoms with van der Waals surface area (Å²) in [5.41, 5.74) is 1.83. The molecule has 0 fully saturated rings. The molecule has 0 aromatic heterocycles. The second-order valence-corrected chi connectivity index (χ2v) is 4.58. The molecule has 19 heavy (non-hydrogen) atoms. The molecule has 0 N–H and O–H groups in total. The Kier molecular flexibility index (Phi) is 4.80. The van der Waals surface area contributed by atoms with Crippen LogP contribution in [0.1, 0.15) is 11.1 Å². The quantitative estimate of drug-likeness (QED) is 0.763. The van der Waals surface area contributed by atoms with Crippen molar-refractivity contribution in [3.8, 4) is 11.5 Å². The molecule has 4 heteroatoms. The van der Waals surface area contributed by atoms with Gasteiger partial charge in [-0.1, -0.05) is 28.1 Å². The zero-order chi connectivity index (χ0) is 13.7. The molecule has 0 bridgehead atoms. The van der Waals surface area contributed by atoms with Crippen molar-refractivity contribution >= 4 is 15.9 Å². The molecule has 100 valence electrons. The Labute approximate surface area is 120 Å². The lowest BCUT2D eigenvalue weighted by molar-refractivity contribution is 0.303. The molecule has 0 heterocycles. The summed E-state index contributed by atoms with van der Waals surface area (Å²) in [4.78, 5) is 0. The summed E-state index contributed by atoms with van der Waals surface area (Å²) in [6.45, 7) is 0.440. The number of halogens is 2. The van der Waals surface area contributed by atoms with Gasteiger partial charge in [-0.25, -0.2) is 4.39 Å². The molecule has 2 aromatic rings. The number of benzene rings is 2. The highest BCUT2D eigenvalue weighted by molar-refractivity contribution is 9.08. The predicted octanol–water partition coefficient (Wildman–Crippen LogP) is 4.31. The highest BCUT2D eigenvalue weighted by Crippen LogP contribution is 2.23. The third-order valence-corrected chi connectivity index (χ3v) is 3.32. The highest BCUT2D eigenvalue weighted by atomic mass is 79.9. The number of rotatable bonds is 5. The number of hydrogen-bond acceptors (Lipinski definition) is 2. The Morgan fingerprint density at radius 3 is 2.47 bits per heavy atom. The number of alkyl halides is 1. The van der Waals surface area contributed by atoms with Gasteiger partial charge >= 0.3 is 0 Å². The summed E-state index contributed by atoms with van der Waals surface area (Å²) in [5, 5.41) is 0.558. The van der Waals surface area contributed by atoms with Gasteiger partial charge in [0.1, 0.15) is 23.9 Å². The number of hydrogen-bond donors (Lipinski definition) is 0. The van der Waals surface area contributed by atoms with Gasteiger partial charge in [-0.05, 0) is 35.9 Å². The third kappa shape index (κ3) is 3.70. The smallest absolute Gasteiger partial charge is 0.124 e. The molecule has 0 unspecified atom stereocenters. The van der Waals surface area contributed by atoms with Crippen LogP contribution in [0, 0.1) is 5.82 Å². The first-order valence-corrected chi connectivity index (χ1v) is 6.95. The van der Waals surface area contributed by atoms with Crippen molar-refractivity contribution in [3.63, 3.8) is 0 Å². The monoisotopic (exact) mass is 324 g/mol.